The average molecular weight is 206 g/mol. The van der Waals surface area contributed by atoms with Crippen molar-refractivity contribution in [3.05, 3.63) is 35.9 Å². The molecule has 0 fully saturated rings. The lowest BCUT2D eigenvalue weighted by atomic mass is 10.1. The Morgan fingerprint density at radius 1 is 1.40 bits per heavy atom. The number of carbonyl (C=O) groups excluding carboxylic acids is 1. The Morgan fingerprint density at radius 3 is 2.53 bits per heavy atom. The summed E-state index contributed by atoms with van der Waals surface area (Å²) in [5, 5.41) is 14.0. The number of benzene rings is 1. The molecule has 80 valence electrons. The highest BCUT2D eigenvalue weighted by molar-refractivity contribution is 5.96. The van der Waals surface area contributed by atoms with E-state index in [1.165, 1.54) is 6.21 Å². The zero-order valence-electron chi connectivity index (χ0n) is 8.77. The fourth-order valence-electron chi connectivity index (χ4n) is 1.13. The molecule has 1 rings (SSSR count). The van der Waals surface area contributed by atoms with E-state index in [0.29, 0.717) is 5.56 Å². The molecule has 1 aromatic rings. The van der Waals surface area contributed by atoms with Crippen molar-refractivity contribution >= 4 is 12.1 Å². The molecular weight excluding hydrogens is 192 g/mol. The molecule has 0 atom stereocenters. The third kappa shape index (κ3) is 3.42. The monoisotopic (exact) mass is 206 g/mol. The van der Waals surface area contributed by atoms with Gasteiger partial charge >= 0.3 is 0 Å². The van der Waals surface area contributed by atoms with E-state index in [-0.39, 0.29) is 5.91 Å². The van der Waals surface area contributed by atoms with E-state index < -0.39 is 5.54 Å². The Balaban J connectivity index is 2.72. The van der Waals surface area contributed by atoms with Crippen molar-refractivity contribution in [3.8, 4) is 0 Å². The van der Waals surface area contributed by atoms with Crippen LogP contribution in [0.25, 0.3) is 0 Å². The van der Waals surface area contributed by atoms with E-state index >= 15 is 0 Å². The Bertz CT molecular complexity index is 358. The third-order valence-corrected chi connectivity index (χ3v) is 1.85. The van der Waals surface area contributed by atoms with Crippen LogP contribution < -0.4 is 5.32 Å². The molecule has 0 bridgehead atoms. The molecule has 4 heteroatoms. The highest BCUT2D eigenvalue weighted by Crippen LogP contribution is 2.03. The summed E-state index contributed by atoms with van der Waals surface area (Å²) >= 11 is 0. The Kier molecular flexibility index (Phi) is 3.44. The van der Waals surface area contributed by atoms with Gasteiger partial charge in [0.2, 0.25) is 0 Å². The second-order valence-electron chi connectivity index (χ2n) is 3.79. The van der Waals surface area contributed by atoms with Gasteiger partial charge in [0.25, 0.3) is 5.91 Å². The van der Waals surface area contributed by atoms with Crippen LogP contribution in [0.3, 0.4) is 0 Å². The van der Waals surface area contributed by atoms with Crippen LogP contribution in [0.2, 0.25) is 0 Å². The predicted octanol–water partition coefficient (Wildman–Crippen LogP) is 1.66. The molecule has 0 saturated heterocycles. The molecule has 1 aromatic carbocycles. The van der Waals surface area contributed by atoms with Gasteiger partial charge in [-0.25, -0.2) is 0 Å². The Hall–Kier alpha value is -1.84. The van der Waals surface area contributed by atoms with Crippen LogP contribution in [-0.2, 0) is 0 Å². The second kappa shape index (κ2) is 4.59. The number of hydrogen-bond donors (Lipinski definition) is 2. The molecule has 0 heterocycles. The minimum Gasteiger partial charge on any atom is -0.411 e. The number of nitrogens with one attached hydrogen (secondary N) is 1. The largest absolute Gasteiger partial charge is 0.411 e. The first-order valence-corrected chi connectivity index (χ1v) is 4.61. The molecule has 0 aliphatic rings. The quantitative estimate of drug-likeness (QED) is 0.449. The van der Waals surface area contributed by atoms with Crippen LogP contribution in [0.1, 0.15) is 24.2 Å². The van der Waals surface area contributed by atoms with Crippen molar-refractivity contribution in [2.24, 2.45) is 5.16 Å². The lowest BCUT2D eigenvalue weighted by molar-refractivity contribution is 0.0932. The SMILES string of the molecule is CC(C)(/C=N/O)NC(=O)c1ccccc1. The summed E-state index contributed by atoms with van der Waals surface area (Å²) in [5.74, 6) is -0.194. The molecule has 0 radical (unpaired) electrons. The highest BCUT2D eigenvalue weighted by Gasteiger charge is 2.18. The topological polar surface area (TPSA) is 61.7 Å². The van der Waals surface area contributed by atoms with Crippen molar-refractivity contribution in [1.29, 1.82) is 0 Å². The van der Waals surface area contributed by atoms with Crippen molar-refractivity contribution < 1.29 is 10.0 Å². The fraction of sp³-hybridized carbons (Fsp3) is 0.273. The van der Waals surface area contributed by atoms with Gasteiger partial charge in [0, 0.05) is 5.56 Å². The van der Waals surface area contributed by atoms with Gasteiger partial charge in [-0.2, -0.15) is 0 Å². The van der Waals surface area contributed by atoms with Crippen molar-refractivity contribution in [1.82, 2.24) is 5.32 Å². The molecular formula is C11H14N2O2. The standard InChI is InChI=1S/C11H14N2O2/c1-11(2,8-12-15)13-10(14)9-6-4-3-5-7-9/h3-8,15H,1-2H3,(H,13,14)/b12-8+. The third-order valence-electron chi connectivity index (χ3n) is 1.85. The van der Waals surface area contributed by atoms with Crippen molar-refractivity contribution in [2.75, 3.05) is 0 Å². The first kappa shape index (κ1) is 11.2. The molecule has 0 aliphatic carbocycles. The van der Waals surface area contributed by atoms with E-state index in [2.05, 4.69) is 10.5 Å². The smallest absolute Gasteiger partial charge is 0.251 e. The summed E-state index contributed by atoms with van der Waals surface area (Å²) in [7, 11) is 0. The minimum absolute atomic E-state index is 0.194. The summed E-state index contributed by atoms with van der Waals surface area (Å²) in [6.45, 7) is 3.49. The van der Waals surface area contributed by atoms with E-state index in [9.17, 15) is 4.79 Å². The van der Waals surface area contributed by atoms with Crippen LogP contribution in [0.5, 0.6) is 0 Å². The van der Waals surface area contributed by atoms with Crippen LogP contribution >= 0.6 is 0 Å². The van der Waals surface area contributed by atoms with Gasteiger partial charge in [-0.15, -0.1) is 0 Å². The van der Waals surface area contributed by atoms with Gasteiger partial charge in [0.15, 0.2) is 0 Å². The van der Waals surface area contributed by atoms with Gasteiger partial charge < -0.3 is 10.5 Å². The Morgan fingerprint density at radius 2 is 2.00 bits per heavy atom. The number of carbonyl (C=O) groups is 1. The molecule has 15 heavy (non-hydrogen) atoms. The summed E-state index contributed by atoms with van der Waals surface area (Å²) in [4.78, 5) is 11.7. The van der Waals surface area contributed by atoms with Crippen LogP contribution in [0.4, 0.5) is 0 Å². The molecule has 0 aliphatic heterocycles. The molecule has 0 unspecified atom stereocenters. The first-order chi connectivity index (χ1) is 7.05. The van der Waals surface area contributed by atoms with E-state index in [4.69, 9.17) is 5.21 Å². The number of rotatable bonds is 3. The Labute approximate surface area is 88.6 Å². The van der Waals surface area contributed by atoms with Gasteiger partial charge in [0.05, 0.1) is 11.8 Å². The van der Waals surface area contributed by atoms with E-state index in [1.807, 2.05) is 6.07 Å². The van der Waals surface area contributed by atoms with Crippen LogP contribution in [0.15, 0.2) is 35.5 Å². The lowest BCUT2D eigenvalue weighted by Crippen LogP contribution is -2.44. The normalized spacial score (nSPS) is 11.6. The van der Waals surface area contributed by atoms with E-state index in [1.54, 1.807) is 38.1 Å². The lowest BCUT2D eigenvalue weighted by Gasteiger charge is -2.20. The van der Waals surface area contributed by atoms with Crippen LogP contribution in [-0.4, -0.2) is 22.9 Å². The van der Waals surface area contributed by atoms with Crippen molar-refractivity contribution in [3.63, 3.8) is 0 Å². The van der Waals surface area contributed by atoms with Crippen molar-refractivity contribution in [2.45, 2.75) is 19.4 Å². The molecule has 2 N–H and O–H groups in total. The highest BCUT2D eigenvalue weighted by atomic mass is 16.4. The first-order valence-electron chi connectivity index (χ1n) is 4.61. The van der Waals surface area contributed by atoms with Gasteiger partial charge in [0.1, 0.15) is 0 Å². The summed E-state index contributed by atoms with van der Waals surface area (Å²) in [6, 6.07) is 8.88. The average Bonchev–Trinajstić information content (AvgIpc) is 2.18. The van der Waals surface area contributed by atoms with Gasteiger partial charge in [-0.05, 0) is 26.0 Å². The maximum Gasteiger partial charge on any atom is 0.251 e. The summed E-state index contributed by atoms with van der Waals surface area (Å²) < 4.78 is 0. The van der Waals surface area contributed by atoms with Gasteiger partial charge in [-0.3, -0.25) is 4.79 Å². The molecule has 0 saturated carbocycles. The minimum atomic E-state index is -0.665. The molecule has 1 amide bonds. The number of hydrogen-bond acceptors (Lipinski definition) is 3. The van der Waals surface area contributed by atoms with Gasteiger partial charge in [-0.1, -0.05) is 23.4 Å². The van der Waals surface area contributed by atoms with Crippen LogP contribution in [0, 0.1) is 0 Å². The zero-order valence-corrected chi connectivity index (χ0v) is 8.77. The molecule has 4 nitrogen and oxygen atoms in total. The predicted molar refractivity (Wildman–Crippen MR) is 58.3 cm³/mol. The maximum absolute atomic E-state index is 11.7. The number of nitrogens with zero attached hydrogens (tertiary/aromatic N) is 1. The van der Waals surface area contributed by atoms with E-state index in [0.717, 1.165) is 0 Å². The summed E-state index contributed by atoms with van der Waals surface area (Å²) in [6.07, 6.45) is 1.27. The zero-order chi connectivity index (χ0) is 11.3. The number of oxime groups is 1. The second-order valence-corrected chi connectivity index (χ2v) is 3.79. The molecule has 0 spiro atoms. The number of amides is 1. The molecule has 0 aromatic heterocycles. The fourth-order valence-corrected chi connectivity index (χ4v) is 1.13. The maximum atomic E-state index is 11.7. The summed E-state index contributed by atoms with van der Waals surface area (Å²) in [5.41, 5.74) is -0.0845.